The summed E-state index contributed by atoms with van der Waals surface area (Å²) in [6.45, 7) is 1.18. The predicted molar refractivity (Wildman–Crippen MR) is 117 cm³/mol. The summed E-state index contributed by atoms with van der Waals surface area (Å²) in [6.07, 6.45) is -3.12. The van der Waals surface area contributed by atoms with Crippen LogP contribution in [0.2, 0.25) is 0 Å². The van der Waals surface area contributed by atoms with Crippen molar-refractivity contribution in [1.29, 1.82) is 0 Å². The van der Waals surface area contributed by atoms with Crippen LogP contribution in [0.1, 0.15) is 24.0 Å². The van der Waals surface area contributed by atoms with Gasteiger partial charge in [-0.2, -0.15) is 13.2 Å². The number of carboxylic acids is 1. The maximum Gasteiger partial charge on any atom is 0.490 e. The summed E-state index contributed by atoms with van der Waals surface area (Å²) in [6, 6.07) is 17.3. The fraction of sp³-hybridized carbons (Fsp3) is 0.318. The van der Waals surface area contributed by atoms with Gasteiger partial charge in [-0.1, -0.05) is 58.4 Å². The average Bonchev–Trinajstić information content (AvgIpc) is 3.37. The van der Waals surface area contributed by atoms with Gasteiger partial charge in [0.1, 0.15) is 0 Å². The molecule has 0 spiro atoms. The van der Waals surface area contributed by atoms with Crippen molar-refractivity contribution >= 4 is 33.8 Å². The molecule has 11 heteroatoms. The highest BCUT2D eigenvalue weighted by Crippen LogP contribution is 2.40. The van der Waals surface area contributed by atoms with Crippen molar-refractivity contribution < 1.29 is 32.6 Å². The molecule has 3 N–H and O–H groups in total. The van der Waals surface area contributed by atoms with Crippen molar-refractivity contribution in [1.82, 2.24) is 4.90 Å². The van der Waals surface area contributed by atoms with E-state index in [9.17, 15) is 18.0 Å². The van der Waals surface area contributed by atoms with Gasteiger partial charge < -0.3 is 15.6 Å². The molecule has 4 rings (SSSR count). The number of rotatable bonds is 4. The molecule has 0 bridgehead atoms. The second-order valence-corrected chi connectivity index (χ2v) is 8.33. The highest BCUT2D eigenvalue weighted by atomic mass is 79.9. The zero-order valence-corrected chi connectivity index (χ0v) is 18.8. The van der Waals surface area contributed by atoms with Crippen LogP contribution < -0.4 is 5.73 Å². The van der Waals surface area contributed by atoms with E-state index in [1.807, 2.05) is 54.6 Å². The van der Waals surface area contributed by atoms with Crippen LogP contribution in [-0.2, 0) is 19.9 Å². The lowest BCUT2D eigenvalue weighted by molar-refractivity contribution is -0.192. The van der Waals surface area contributed by atoms with Crippen LogP contribution in [0.3, 0.4) is 0 Å². The average molecular weight is 528 g/mol. The third-order valence-electron chi connectivity index (χ3n) is 5.20. The van der Waals surface area contributed by atoms with E-state index in [1.54, 1.807) is 4.90 Å². The molecular weight excluding hydrogens is 507 g/mol. The second-order valence-electron chi connectivity index (χ2n) is 7.41. The van der Waals surface area contributed by atoms with E-state index in [0.29, 0.717) is 6.54 Å². The highest BCUT2D eigenvalue weighted by molar-refractivity contribution is 9.10. The van der Waals surface area contributed by atoms with Crippen LogP contribution in [0.4, 0.5) is 13.2 Å². The van der Waals surface area contributed by atoms with Crippen molar-refractivity contribution in [2.75, 3.05) is 13.2 Å². The van der Waals surface area contributed by atoms with Crippen LogP contribution in [-0.4, -0.2) is 53.3 Å². The van der Waals surface area contributed by atoms with E-state index in [2.05, 4.69) is 15.9 Å². The van der Waals surface area contributed by atoms with E-state index in [-0.39, 0.29) is 18.0 Å². The van der Waals surface area contributed by atoms with Crippen molar-refractivity contribution in [2.45, 2.75) is 30.7 Å². The number of hydrogen-bond acceptors (Lipinski definition) is 5. The Hall–Kier alpha value is -2.92. The maximum absolute atomic E-state index is 13.6. The Labute approximate surface area is 196 Å². The molecule has 33 heavy (non-hydrogen) atoms. The standard InChI is InChI=1S/C20H20BrN3O2.C2HF3O2/c21-16-9-4-8-15(12-16)20(14-6-2-1-3-7-14)18(25)24(19(22)23-20)13-17-10-5-11-26-17;3-2(4,5)1(6)7/h1-4,6-9,12,17H,5,10-11,13H2,(H2,22,23);(H,6,7). The zero-order valence-electron chi connectivity index (χ0n) is 17.3. The number of carbonyl (C=O) groups is 2. The first-order chi connectivity index (χ1) is 15.6. The van der Waals surface area contributed by atoms with Gasteiger partial charge >= 0.3 is 12.1 Å². The number of nitrogens with zero attached hydrogens (tertiary/aromatic N) is 2. The smallest absolute Gasteiger partial charge is 0.475 e. The molecule has 0 saturated carbocycles. The van der Waals surface area contributed by atoms with Crippen LogP contribution >= 0.6 is 15.9 Å². The SMILES string of the molecule is NC1=NC(c2ccccc2)(c2cccc(Br)c2)C(=O)N1CC1CCCO1.O=C(O)C(F)(F)F. The van der Waals surface area contributed by atoms with Gasteiger partial charge in [-0.3, -0.25) is 9.69 Å². The molecule has 2 heterocycles. The van der Waals surface area contributed by atoms with Gasteiger partial charge in [-0.25, -0.2) is 9.79 Å². The number of nitrogens with two attached hydrogens (primary N) is 1. The lowest BCUT2D eigenvalue weighted by atomic mass is 9.83. The number of hydrogen-bond donors (Lipinski definition) is 2. The lowest BCUT2D eigenvalue weighted by Crippen LogP contribution is -2.46. The molecule has 2 atom stereocenters. The van der Waals surface area contributed by atoms with Crippen LogP contribution in [0.15, 0.2) is 64.1 Å². The van der Waals surface area contributed by atoms with E-state index >= 15 is 0 Å². The molecule has 176 valence electrons. The minimum atomic E-state index is -5.08. The number of benzene rings is 2. The monoisotopic (exact) mass is 527 g/mol. The Kier molecular flexibility index (Phi) is 7.43. The molecule has 7 nitrogen and oxygen atoms in total. The number of halogens is 4. The number of aliphatic imine (C=N–C) groups is 1. The minimum Gasteiger partial charge on any atom is -0.475 e. The molecule has 0 radical (unpaired) electrons. The molecule has 2 unspecified atom stereocenters. The summed E-state index contributed by atoms with van der Waals surface area (Å²) in [5.41, 5.74) is 6.66. The van der Waals surface area contributed by atoms with E-state index in [1.165, 1.54) is 0 Å². The Morgan fingerprint density at radius 3 is 2.39 bits per heavy atom. The number of alkyl halides is 3. The van der Waals surface area contributed by atoms with Crippen molar-refractivity contribution in [3.8, 4) is 0 Å². The first-order valence-corrected chi connectivity index (χ1v) is 10.8. The Balaban J connectivity index is 0.000000383. The summed E-state index contributed by atoms with van der Waals surface area (Å²) in [5, 5.41) is 7.12. The summed E-state index contributed by atoms with van der Waals surface area (Å²) in [7, 11) is 0. The van der Waals surface area contributed by atoms with Crippen LogP contribution in [0, 0.1) is 0 Å². The molecule has 1 amide bonds. The van der Waals surface area contributed by atoms with Gasteiger partial charge in [-0.15, -0.1) is 0 Å². The van der Waals surface area contributed by atoms with Gasteiger partial charge in [0.25, 0.3) is 5.91 Å². The second kappa shape index (κ2) is 9.92. The fourth-order valence-electron chi connectivity index (χ4n) is 3.68. The van der Waals surface area contributed by atoms with E-state index in [4.69, 9.17) is 25.4 Å². The molecule has 2 aromatic rings. The Bertz CT molecular complexity index is 1040. The molecule has 2 aliphatic rings. The van der Waals surface area contributed by atoms with Gasteiger partial charge in [0.15, 0.2) is 11.5 Å². The molecular formula is C22H21BrF3N3O4. The third-order valence-corrected chi connectivity index (χ3v) is 5.69. The number of carboxylic acid groups (broad SMARTS) is 1. The Morgan fingerprint density at radius 1 is 1.21 bits per heavy atom. The highest BCUT2D eigenvalue weighted by Gasteiger charge is 2.51. The summed E-state index contributed by atoms with van der Waals surface area (Å²) in [5.74, 6) is -2.64. The van der Waals surface area contributed by atoms with Crippen molar-refractivity contribution in [2.24, 2.45) is 10.7 Å². The topological polar surface area (TPSA) is 105 Å². The molecule has 2 aliphatic heterocycles. The van der Waals surface area contributed by atoms with E-state index < -0.39 is 17.7 Å². The number of guanidine groups is 1. The zero-order chi connectivity index (χ0) is 24.2. The van der Waals surface area contributed by atoms with Gasteiger partial charge in [-0.05, 0) is 36.1 Å². The fourth-order valence-corrected chi connectivity index (χ4v) is 4.08. The van der Waals surface area contributed by atoms with Crippen LogP contribution in [0.25, 0.3) is 0 Å². The molecule has 0 aromatic heterocycles. The normalized spacial score (nSPS) is 22.5. The Morgan fingerprint density at radius 2 is 1.85 bits per heavy atom. The quantitative estimate of drug-likeness (QED) is 0.631. The predicted octanol–water partition coefficient (Wildman–Crippen LogP) is 3.66. The number of ether oxygens (including phenoxy) is 1. The minimum absolute atomic E-state index is 0.0155. The first kappa shape index (κ1) is 24.7. The third kappa shape index (κ3) is 5.36. The summed E-state index contributed by atoms with van der Waals surface area (Å²) >= 11 is 3.50. The number of amides is 1. The number of aliphatic carboxylic acids is 1. The maximum atomic E-state index is 13.6. The lowest BCUT2D eigenvalue weighted by Gasteiger charge is -2.28. The van der Waals surface area contributed by atoms with Gasteiger partial charge in [0.2, 0.25) is 0 Å². The van der Waals surface area contributed by atoms with Crippen molar-refractivity contribution in [3.05, 3.63) is 70.2 Å². The first-order valence-electron chi connectivity index (χ1n) is 9.96. The number of carbonyl (C=O) groups excluding carboxylic acids is 1. The van der Waals surface area contributed by atoms with Crippen molar-refractivity contribution in [3.63, 3.8) is 0 Å². The largest absolute Gasteiger partial charge is 0.490 e. The summed E-state index contributed by atoms with van der Waals surface area (Å²) in [4.78, 5) is 28.8. The van der Waals surface area contributed by atoms with Crippen LogP contribution in [0.5, 0.6) is 0 Å². The molecule has 1 fully saturated rings. The molecule has 0 aliphatic carbocycles. The van der Waals surface area contributed by atoms with Gasteiger partial charge in [0, 0.05) is 11.1 Å². The summed E-state index contributed by atoms with van der Waals surface area (Å²) < 4.78 is 38.3. The molecule has 2 aromatic carbocycles. The van der Waals surface area contributed by atoms with E-state index in [0.717, 1.165) is 35.0 Å². The van der Waals surface area contributed by atoms with Gasteiger partial charge in [0.05, 0.1) is 12.6 Å². The molecule has 1 saturated heterocycles.